The molecule has 1 saturated heterocycles. The van der Waals surface area contributed by atoms with Crippen LogP contribution in [0.1, 0.15) is 18.1 Å². The Balaban J connectivity index is 2.08. The number of aliphatic hydroxyl groups excluding tert-OH is 2. The summed E-state index contributed by atoms with van der Waals surface area (Å²) in [4.78, 5) is 0. The summed E-state index contributed by atoms with van der Waals surface area (Å²) in [6.45, 7) is 0.196. The number of rotatable bonds is 1. The summed E-state index contributed by atoms with van der Waals surface area (Å²) in [6, 6.07) is 7.80. The van der Waals surface area contributed by atoms with Crippen molar-refractivity contribution in [3.05, 3.63) is 34.3 Å². The summed E-state index contributed by atoms with van der Waals surface area (Å²) in [5.41, 5.74) is 1.03. The molecular weight excluding hydrogens is 260 g/mol. The molecule has 3 atom stereocenters. The second kappa shape index (κ2) is 4.61. The fourth-order valence-corrected chi connectivity index (χ4v) is 1.94. The highest BCUT2D eigenvalue weighted by Crippen LogP contribution is 2.28. The molecule has 0 saturated carbocycles. The summed E-state index contributed by atoms with van der Waals surface area (Å²) in [5.74, 6) is 0. The normalized spacial score (nSPS) is 31.5. The van der Waals surface area contributed by atoms with Crippen molar-refractivity contribution in [2.45, 2.75) is 24.7 Å². The van der Waals surface area contributed by atoms with Crippen LogP contribution in [0, 0.1) is 0 Å². The lowest BCUT2D eigenvalue weighted by atomic mass is 9.98. The Kier molecular flexibility index (Phi) is 3.41. The molecule has 1 heterocycles. The van der Waals surface area contributed by atoms with Gasteiger partial charge in [0, 0.05) is 10.9 Å². The Morgan fingerprint density at radius 1 is 1.13 bits per heavy atom. The average Bonchev–Trinajstić information content (AvgIpc) is 2.23. The van der Waals surface area contributed by atoms with E-state index in [1.807, 2.05) is 24.3 Å². The van der Waals surface area contributed by atoms with Gasteiger partial charge < -0.3 is 14.9 Å². The van der Waals surface area contributed by atoms with E-state index in [4.69, 9.17) is 4.74 Å². The van der Waals surface area contributed by atoms with E-state index >= 15 is 0 Å². The molecular formula is C11H13BrO3. The first-order valence-corrected chi connectivity index (χ1v) is 5.69. The molecule has 0 aliphatic carbocycles. The van der Waals surface area contributed by atoms with Crippen molar-refractivity contribution in [3.8, 4) is 0 Å². The standard InChI is InChI=1S/C11H13BrO3/c12-8-3-1-7(2-4-8)11-5-9(13)10(14)6-15-11/h1-4,9-11,13-14H,5-6H2/t9-,10+,11+/m0/s1. The molecule has 0 radical (unpaired) electrons. The zero-order valence-corrected chi connectivity index (χ0v) is 9.72. The molecule has 0 unspecified atom stereocenters. The maximum absolute atomic E-state index is 9.52. The second-order valence-corrected chi connectivity index (χ2v) is 4.66. The molecule has 4 heteroatoms. The van der Waals surface area contributed by atoms with Crippen LogP contribution in [0.25, 0.3) is 0 Å². The fourth-order valence-electron chi connectivity index (χ4n) is 1.68. The van der Waals surface area contributed by atoms with E-state index in [0.717, 1.165) is 10.0 Å². The molecule has 1 fully saturated rings. The first-order chi connectivity index (χ1) is 7.16. The Morgan fingerprint density at radius 3 is 2.40 bits per heavy atom. The third-order valence-electron chi connectivity index (χ3n) is 2.61. The smallest absolute Gasteiger partial charge is 0.103 e. The van der Waals surface area contributed by atoms with Gasteiger partial charge in [-0.25, -0.2) is 0 Å². The maximum Gasteiger partial charge on any atom is 0.103 e. The van der Waals surface area contributed by atoms with Crippen molar-refractivity contribution in [1.29, 1.82) is 0 Å². The number of aliphatic hydroxyl groups is 2. The van der Waals surface area contributed by atoms with Crippen LogP contribution in [0.15, 0.2) is 28.7 Å². The van der Waals surface area contributed by atoms with Crippen molar-refractivity contribution in [3.63, 3.8) is 0 Å². The minimum absolute atomic E-state index is 0.114. The third kappa shape index (κ3) is 2.58. The van der Waals surface area contributed by atoms with E-state index in [-0.39, 0.29) is 12.7 Å². The van der Waals surface area contributed by atoms with Gasteiger partial charge in [-0.15, -0.1) is 0 Å². The number of ether oxygens (including phenoxy) is 1. The number of benzene rings is 1. The van der Waals surface area contributed by atoms with Gasteiger partial charge in [-0.3, -0.25) is 0 Å². The van der Waals surface area contributed by atoms with Crippen molar-refractivity contribution in [2.24, 2.45) is 0 Å². The van der Waals surface area contributed by atoms with Crippen LogP contribution >= 0.6 is 15.9 Å². The van der Waals surface area contributed by atoms with Gasteiger partial charge in [0.15, 0.2) is 0 Å². The largest absolute Gasteiger partial charge is 0.390 e. The van der Waals surface area contributed by atoms with Crippen molar-refractivity contribution in [2.75, 3.05) is 6.61 Å². The van der Waals surface area contributed by atoms with Crippen LogP contribution in [0.2, 0.25) is 0 Å². The van der Waals surface area contributed by atoms with Gasteiger partial charge in [-0.2, -0.15) is 0 Å². The zero-order valence-electron chi connectivity index (χ0n) is 8.14. The fraction of sp³-hybridized carbons (Fsp3) is 0.455. The van der Waals surface area contributed by atoms with Crippen molar-refractivity contribution < 1.29 is 14.9 Å². The van der Waals surface area contributed by atoms with E-state index in [9.17, 15) is 10.2 Å². The van der Waals surface area contributed by atoms with Gasteiger partial charge in [0.05, 0.1) is 18.8 Å². The number of halogens is 1. The lowest BCUT2D eigenvalue weighted by Gasteiger charge is -2.30. The van der Waals surface area contributed by atoms with Gasteiger partial charge in [-0.1, -0.05) is 28.1 Å². The van der Waals surface area contributed by atoms with Crippen LogP contribution in [0.4, 0.5) is 0 Å². The topological polar surface area (TPSA) is 49.7 Å². The minimum Gasteiger partial charge on any atom is -0.390 e. The predicted octanol–water partition coefficient (Wildman–Crippen LogP) is 1.63. The van der Waals surface area contributed by atoms with Gasteiger partial charge >= 0.3 is 0 Å². The van der Waals surface area contributed by atoms with Crippen LogP contribution in [-0.4, -0.2) is 29.0 Å². The summed E-state index contributed by atoms with van der Waals surface area (Å²) >= 11 is 3.36. The molecule has 2 N–H and O–H groups in total. The van der Waals surface area contributed by atoms with Gasteiger partial charge in [0.2, 0.25) is 0 Å². The summed E-state index contributed by atoms with van der Waals surface area (Å²) < 4.78 is 6.48. The van der Waals surface area contributed by atoms with E-state index < -0.39 is 12.2 Å². The first-order valence-electron chi connectivity index (χ1n) is 4.90. The summed E-state index contributed by atoms with van der Waals surface area (Å²) in [5, 5.41) is 18.8. The Bertz CT molecular complexity index is 325. The Hall–Kier alpha value is -0.420. The third-order valence-corrected chi connectivity index (χ3v) is 3.14. The molecule has 0 aromatic heterocycles. The molecule has 3 nitrogen and oxygen atoms in total. The molecule has 1 aliphatic rings. The van der Waals surface area contributed by atoms with E-state index in [2.05, 4.69) is 15.9 Å². The monoisotopic (exact) mass is 272 g/mol. The minimum atomic E-state index is -0.753. The van der Waals surface area contributed by atoms with E-state index in [0.29, 0.717) is 6.42 Å². The molecule has 1 aliphatic heterocycles. The highest BCUT2D eigenvalue weighted by atomic mass is 79.9. The molecule has 0 bridgehead atoms. The maximum atomic E-state index is 9.52. The quantitative estimate of drug-likeness (QED) is 0.817. The summed E-state index contributed by atoms with van der Waals surface area (Å²) in [6.07, 6.45) is -1.11. The zero-order chi connectivity index (χ0) is 10.8. The molecule has 15 heavy (non-hydrogen) atoms. The molecule has 2 rings (SSSR count). The molecule has 1 aromatic carbocycles. The Morgan fingerprint density at radius 2 is 1.80 bits per heavy atom. The van der Waals surface area contributed by atoms with Crippen LogP contribution in [0.3, 0.4) is 0 Å². The highest BCUT2D eigenvalue weighted by Gasteiger charge is 2.28. The van der Waals surface area contributed by atoms with Gasteiger partial charge in [0.1, 0.15) is 6.10 Å². The number of hydrogen-bond donors (Lipinski definition) is 2. The van der Waals surface area contributed by atoms with Crippen LogP contribution < -0.4 is 0 Å². The van der Waals surface area contributed by atoms with E-state index in [1.54, 1.807) is 0 Å². The van der Waals surface area contributed by atoms with Crippen LogP contribution in [-0.2, 0) is 4.74 Å². The molecule has 82 valence electrons. The lowest BCUT2D eigenvalue weighted by molar-refractivity contribution is -0.122. The van der Waals surface area contributed by atoms with Gasteiger partial charge in [-0.05, 0) is 17.7 Å². The molecule has 1 aromatic rings. The van der Waals surface area contributed by atoms with Crippen LogP contribution in [0.5, 0.6) is 0 Å². The predicted molar refractivity (Wildman–Crippen MR) is 59.5 cm³/mol. The molecule has 0 spiro atoms. The average molecular weight is 273 g/mol. The Labute approximate surface area is 96.8 Å². The number of hydrogen-bond acceptors (Lipinski definition) is 3. The van der Waals surface area contributed by atoms with Crippen molar-refractivity contribution >= 4 is 15.9 Å². The molecule has 0 amide bonds. The van der Waals surface area contributed by atoms with E-state index in [1.165, 1.54) is 0 Å². The first kappa shape index (κ1) is 11.1. The van der Waals surface area contributed by atoms with Crippen molar-refractivity contribution in [1.82, 2.24) is 0 Å². The lowest BCUT2D eigenvalue weighted by Crippen LogP contribution is -2.37. The second-order valence-electron chi connectivity index (χ2n) is 3.74. The summed E-state index contributed by atoms with van der Waals surface area (Å²) in [7, 11) is 0. The SMILES string of the molecule is O[C@@H]1CO[C@@H](c2ccc(Br)cc2)C[C@@H]1O. The highest BCUT2D eigenvalue weighted by molar-refractivity contribution is 9.10. The van der Waals surface area contributed by atoms with Gasteiger partial charge in [0.25, 0.3) is 0 Å².